The zero-order chi connectivity index (χ0) is 11.3. The zero-order valence-corrected chi connectivity index (χ0v) is 11.0. The first-order chi connectivity index (χ1) is 7.17. The Morgan fingerprint density at radius 2 is 2.07 bits per heavy atom. The molecule has 0 aliphatic carbocycles. The van der Waals surface area contributed by atoms with Crippen LogP contribution in [0.15, 0.2) is 12.2 Å². The van der Waals surface area contributed by atoms with Crippen LogP contribution in [0.25, 0.3) is 0 Å². The molecule has 0 aromatic rings. The van der Waals surface area contributed by atoms with E-state index in [0.717, 1.165) is 18.3 Å². The predicted molar refractivity (Wildman–Crippen MR) is 70.8 cm³/mol. The summed E-state index contributed by atoms with van der Waals surface area (Å²) < 4.78 is 0. The van der Waals surface area contributed by atoms with Crippen LogP contribution in [-0.4, -0.2) is 54.8 Å². The number of piperidine rings is 1. The lowest BCUT2D eigenvalue weighted by Crippen LogP contribution is -2.43. The summed E-state index contributed by atoms with van der Waals surface area (Å²) in [6.45, 7) is 10.9. The van der Waals surface area contributed by atoms with Crippen molar-refractivity contribution < 1.29 is 0 Å². The summed E-state index contributed by atoms with van der Waals surface area (Å²) in [5.41, 5.74) is 1.22. The van der Waals surface area contributed by atoms with Crippen LogP contribution < -0.4 is 0 Å². The van der Waals surface area contributed by atoms with Gasteiger partial charge in [0.25, 0.3) is 0 Å². The lowest BCUT2D eigenvalue weighted by atomic mass is 10.0. The Morgan fingerprint density at radius 3 is 2.53 bits per heavy atom. The molecule has 88 valence electrons. The highest BCUT2D eigenvalue weighted by Gasteiger charge is 2.21. The smallest absolute Gasteiger partial charge is 0.0198 e. The summed E-state index contributed by atoms with van der Waals surface area (Å²) in [5.74, 6) is 0.804. The molecule has 0 bridgehead atoms. The molecule has 0 spiro atoms. The fourth-order valence-corrected chi connectivity index (χ4v) is 2.31. The molecule has 0 atom stereocenters. The van der Waals surface area contributed by atoms with Crippen molar-refractivity contribution in [1.82, 2.24) is 9.80 Å². The molecule has 0 unspecified atom stereocenters. The van der Waals surface area contributed by atoms with Gasteiger partial charge in [0.05, 0.1) is 0 Å². The Morgan fingerprint density at radius 1 is 1.47 bits per heavy atom. The number of nitrogens with zero attached hydrogens (tertiary/aromatic N) is 2. The average Bonchev–Trinajstić information content (AvgIpc) is 2.29. The SMILES string of the molecule is C=C(CS)CN(C)C1CCN(CC)CC1. The summed E-state index contributed by atoms with van der Waals surface area (Å²) in [6.07, 6.45) is 2.59. The van der Waals surface area contributed by atoms with Crippen LogP contribution in [0.1, 0.15) is 19.8 Å². The van der Waals surface area contributed by atoms with Crippen molar-refractivity contribution in [2.45, 2.75) is 25.8 Å². The third kappa shape index (κ3) is 4.17. The highest BCUT2D eigenvalue weighted by molar-refractivity contribution is 7.80. The van der Waals surface area contributed by atoms with Crippen molar-refractivity contribution in [2.75, 3.05) is 39.0 Å². The number of thiol groups is 1. The van der Waals surface area contributed by atoms with Gasteiger partial charge in [0, 0.05) is 18.3 Å². The van der Waals surface area contributed by atoms with E-state index in [1.165, 1.54) is 38.0 Å². The van der Waals surface area contributed by atoms with Gasteiger partial charge in [-0.15, -0.1) is 0 Å². The Labute approximate surface area is 99.7 Å². The fourth-order valence-electron chi connectivity index (χ4n) is 2.21. The number of likely N-dealkylation sites (N-methyl/N-ethyl adjacent to an activating group) is 1. The van der Waals surface area contributed by atoms with Gasteiger partial charge in [-0.2, -0.15) is 12.6 Å². The minimum atomic E-state index is 0.740. The molecule has 0 N–H and O–H groups in total. The fraction of sp³-hybridized carbons (Fsp3) is 0.833. The second kappa shape index (κ2) is 6.56. The normalized spacial score (nSPS) is 19.7. The second-order valence-corrected chi connectivity index (χ2v) is 4.80. The van der Waals surface area contributed by atoms with Crippen LogP contribution in [-0.2, 0) is 0 Å². The maximum Gasteiger partial charge on any atom is 0.0198 e. The minimum Gasteiger partial charge on any atom is -0.303 e. The maximum absolute atomic E-state index is 4.25. The van der Waals surface area contributed by atoms with E-state index in [9.17, 15) is 0 Å². The van der Waals surface area contributed by atoms with Crippen LogP contribution in [0, 0.1) is 0 Å². The van der Waals surface area contributed by atoms with Crippen molar-refractivity contribution in [2.24, 2.45) is 0 Å². The molecule has 1 heterocycles. The van der Waals surface area contributed by atoms with Crippen LogP contribution in [0.3, 0.4) is 0 Å². The Balaban J connectivity index is 2.29. The highest BCUT2D eigenvalue weighted by Crippen LogP contribution is 2.15. The summed E-state index contributed by atoms with van der Waals surface area (Å²) >= 11 is 4.25. The van der Waals surface area contributed by atoms with E-state index in [1.54, 1.807) is 0 Å². The lowest BCUT2D eigenvalue weighted by molar-refractivity contribution is 0.139. The summed E-state index contributed by atoms with van der Waals surface area (Å²) in [4.78, 5) is 4.96. The predicted octanol–water partition coefficient (Wildman–Crippen LogP) is 1.89. The van der Waals surface area contributed by atoms with Crippen LogP contribution >= 0.6 is 12.6 Å². The van der Waals surface area contributed by atoms with Gasteiger partial charge in [0.2, 0.25) is 0 Å². The molecule has 2 nitrogen and oxygen atoms in total. The largest absolute Gasteiger partial charge is 0.303 e. The Bertz CT molecular complexity index is 198. The van der Waals surface area contributed by atoms with E-state index in [-0.39, 0.29) is 0 Å². The van der Waals surface area contributed by atoms with Crippen molar-refractivity contribution in [3.63, 3.8) is 0 Å². The molecule has 0 aromatic carbocycles. The lowest BCUT2D eigenvalue weighted by Gasteiger charge is -2.36. The zero-order valence-electron chi connectivity index (χ0n) is 10.1. The third-order valence-corrected chi connectivity index (χ3v) is 3.77. The quantitative estimate of drug-likeness (QED) is 0.567. The van der Waals surface area contributed by atoms with Gasteiger partial charge in [-0.1, -0.05) is 19.1 Å². The van der Waals surface area contributed by atoms with Gasteiger partial charge in [-0.3, -0.25) is 4.90 Å². The maximum atomic E-state index is 4.25. The summed E-state index contributed by atoms with van der Waals surface area (Å²) in [5, 5.41) is 0. The number of hydrogen-bond donors (Lipinski definition) is 1. The molecule has 1 aliphatic heterocycles. The monoisotopic (exact) mass is 228 g/mol. The molecule has 1 fully saturated rings. The van der Waals surface area contributed by atoms with E-state index in [0.29, 0.717) is 0 Å². The molecule has 0 amide bonds. The molecule has 1 aliphatic rings. The van der Waals surface area contributed by atoms with Gasteiger partial charge in [0.1, 0.15) is 0 Å². The highest BCUT2D eigenvalue weighted by atomic mass is 32.1. The first-order valence-corrected chi connectivity index (χ1v) is 6.50. The first kappa shape index (κ1) is 13.1. The van der Waals surface area contributed by atoms with Crippen LogP contribution in [0.2, 0.25) is 0 Å². The summed E-state index contributed by atoms with van der Waals surface area (Å²) in [6, 6.07) is 0.740. The molecule has 0 aromatic heterocycles. The van der Waals surface area contributed by atoms with Crippen molar-refractivity contribution in [1.29, 1.82) is 0 Å². The topological polar surface area (TPSA) is 6.48 Å². The average molecular weight is 228 g/mol. The van der Waals surface area contributed by atoms with E-state index in [1.807, 2.05) is 0 Å². The number of rotatable bonds is 5. The Hall–Kier alpha value is 0.01000. The van der Waals surface area contributed by atoms with Crippen LogP contribution in [0.4, 0.5) is 0 Å². The molecule has 1 rings (SSSR count). The van der Waals surface area contributed by atoms with E-state index < -0.39 is 0 Å². The summed E-state index contributed by atoms with van der Waals surface area (Å²) in [7, 11) is 2.21. The van der Waals surface area contributed by atoms with E-state index >= 15 is 0 Å². The van der Waals surface area contributed by atoms with Gasteiger partial charge < -0.3 is 4.90 Å². The number of hydrogen-bond acceptors (Lipinski definition) is 3. The van der Waals surface area contributed by atoms with Gasteiger partial charge in [-0.05, 0) is 39.5 Å². The van der Waals surface area contributed by atoms with E-state index in [4.69, 9.17) is 0 Å². The van der Waals surface area contributed by atoms with Crippen LogP contribution in [0.5, 0.6) is 0 Å². The van der Waals surface area contributed by atoms with Gasteiger partial charge in [-0.25, -0.2) is 0 Å². The minimum absolute atomic E-state index is 0.740. The molecule has 15 heavy (non-hydrogen) atoms. The first-order valence-electron chi connectivity index (χ1n) is 5.87. The molecule has 1 saturated heterocycles. The van der Waals surface area contributed by atoms with Gasteiger partial charge in [0.15, 0.2) is 0 Å². The molecule has 0 saturated carbocycles. The van der Waals surface area contributed by atoms with Crippen molar-refractivity contribution in [3.05, 3.63) is 12.2 Å². The standard InChI is InChI=1S/C12H24N2S/c1-4-14-7-5-12(6-8-14)13(3)9-11(2)10-15/h12,15H,2,4-10H2,1,3H3. The molecular weight excluding hydrogens is 204 g/mol. The molecule has 0 radical (unpaired) electrons. The van der Waals surface area contributed by atoms with Crippen molar-refractivity contribution >= 4 is 12.6 Å². The Kier molecular flexibility index (Phi) is 5.72. The molecular formula is C12H24N2S. The number of likely N-dealkylation sites (tertiary alicyclic amines) is 1. The van der Waals surface area contributed by atoms with Crippen molar-refractivity contribution in [3.8, 4) is 0 Å². The third-order valence-electron chi connectivity index (χ3n) is 3.32. The second-order valence-electron chi connectivity index (χ2n) is 4.49. The van der Waals surface area contributed by atoms with E-state index in [2.05, 4.69) is 43.0 Å². The van der Waals surface area contributed by atoms with Gasteiger partial charge >= 0.3 is 0 Å². The molecule has 3 heteroatoms.